The highest BCUT2D eigenvalue weighted by molar-refractivity contribution is 6.30. The van der Waals surface area contributed by atoms with E-state index in [1.54, 1.807) is 6.20 Å². The molecule has 3 rings (SSSR count). The van der Waals surface area contributed by atoms with Gasteiger partial charge in [0.1, 0.15) is 5.82 Å². The van der Waals surface area contributed by atoms with Crippen LogP contribution in [-0.2, 0) is 6.54 Å². The number of benzene rings is 1. The topological polar surface area (TPSA) is 67.9 Å². The van der Waals surface area contributed by atoms with Crippen LogP contribution in [0.25, 0.3) is 0 Å². The first-order valence-electron chi connectivity index (χ1n) is 7.58. The van der Waals surface area contributed by atoms with Gasteiger partial charge in [-0.25, -0.2) is 4.98 Å². The predicted octanol–water partition coefficient (Wildman–Crippen LogP) is 4.06. The normalized spacial score (nSPS) is 10.6. The zero-order chi connectivity index (χ0) is 17.1. The van der Waals surface area contributed by atoms with Crippen LogP contribution in [0.5, 0.6) is 0 Å². The van der Waals surface area contributed by atoms with E-state index in [2.05, 4.69) is 15.0 Å². The van der Waals surface area contributed by atoms with Gasteiger partial charge in [-0.05, 0) is 50.2 Å². The van der Waals surface area contributed by atoms with Crippen molar-refractivity contribution >= 4 is 29.1 Å². The first-order valence-corrected chi connectivity index (χ1v) is 7.96. The van der Waals surface area contributed by atoms with Crippen LogP contribution in [0.15, 0.2) is 48.7 Å². The minimum Gasteiger partial charge on any atom is -0.383 e. The summed E-state index contributed by atoms with van der Waals surface area (Å²) in [4.78, 5) is 15.4. The average molecular weight is 340 g/mol. The molecular weight excluding hydrogens is 322 g/mol. The molecule has 0 atom stereocenters. The van der Waals surface area contributed by atoms with Gasteiger partial charge in [0, 0.05) is 28.2 Å². The summed E-state index contributed by atoms with van der Waals surface area (Å²) in [5.41, 5.74) is 9.63. The number of nitrogens with zero attached hydrogens (tertiary/aromatic N) is 4. The van der Waals surface area contributed by atoms with Crippen molar-refractivity contribution < 1.29 is 0 Å². The number of aryl methyl sites for hydroxylation is 1. The number of hydrogen-bond acceptors (Lipinski definition) is 5. The molecule has 0 radical (unpaired) electrons. The Morgan fingerprint density at radius 3 is 2.42 bits per heavy atom. The molecule has 122 valence electrons. The third-order valence-corrected chi connectivity index (χ3v) is 4.09. The second-order valence-electron chi connectivity index (χ2n) is 5.50. The zero-order valence-corrected chi connectivity index (χ0v) is 14.3. The summed E-state index contributed by atoms with van der Waals surface area (Å²) < 4.78 is 0. The molecular formula is C18H18ClN5. The van der Waals surface area contributed by atoms with Gasteiger partial charge in [-0.15, -0.1) is 0 Å². The zero-order valence-electron chi connectivity index (χ0n) is 13.6. The second-order valence-corrected chi connectivity index (χ2v) is 5.94. The van der Waals surface area contributed by atoms with E-state index in [9.17, 15) is 0 Å². The molecule has 0 fully saturated rings. The van der Waals surface area contributed by atoms with Crippen molar-refractivity contribution in [2.24, 2.45) is 0 Å². The van der Waals surface area contributed by atoms with E-state index in [4.69, 9.17) is 17.3 Å². The van der Waals surface area contributed by atoms with Gasteiger partial charge in [-0.1, -0.05) is 17.7 Å². The smallest absolute Gasteiger partial charge is 0.232 e. The molecule has 0 aliphatic rings. The van der Waals surface area contributed by atoms with Crippen molar-refractivity contribution in [3.05, 3.63) is 70.6 Å². The maximum atomic E-state index is 6.04. The lowest BCUT2D eigenvalue weighted by Gasteiger charge is -2.23. The Bertz CT molecular complexity index is 811. The molecule has 0 saturated carbocycles. The van der Waals surface area contributed by atoms with Crippen molar-refractivity contribution in [2.45, 2.75) is 20.4 Å². The Hall–Kier alpha value is -2.66. The van der Waals surface area contributed by atoms with Crippen LogP contribution in [0.4, 0.5) is 17.5 Å². The molecule has 0 amide bonds. The van der Waals surface area contributed by atoms with E-state index in [0.717, 1.165) is 22.6 Å². The third kappa shape index (κ3) is 3.46. The molecule has 0 saturated heterocycles. The van der Waals surface area contributed by atoms with Crippen LogP contribution < -0.4 is 10.6 Å². The maximum absolute atomic E-state index is 6.04. The largest absolute Gasteiger partial charge is 0.383 e. The molecule has 2 aromatic heterocycles. The summed E-state index contributed by atoms with van der Waals surface area (Å²) in [5, 5.41) is 0.678. The first kappa shape index (κ1) is 16.2. The molecule has 0 bridgehead atoms. The van der Waals surface area contributed by atoms with Gasteiger partial charge in [0.2, 0.25) is 5.95 Å². The van der Waals surface area contributed by atoms with Crippen LogP contribution in [0.2, 0.25) is 5.02 Å². The Morgan fingerprint density at radius 2 is 1.79 bits per heavy atom. The number of anilines is 3. The van der Waals surface area contributed by atoms with Crippen molar-refractivity contribution in [3.8, 4) is 0 Å². The number of pyridine rings is 1. The Balaban J connectivity index is 2.06. The van der Waals surface area contributed by atoms with Gasteiger partial charge in [0.05, 0.1) is 12.2 Å². The molecule has 2 heterocycles. The number of rotatable bonds is 4. The molecule has 0 spiro atoms. The lowest BCUT2D eigenvalue weighted by Crippen LogP contribution is -2.21. The SMILES string of the molecule is Cc1nc(N(Cc2ccccn2)c2ccc(Cl)cc2)nc(N)c1C. The summed E-state index contributed by atoms with van der Waals surface area (Å²) in [6.07, 6.45) is 1.77. The van der Waals surface area contributed by atoms with Gasteiger partial charge >= 0.3 is 0 Å². The molecule has 1 aromatic carbocycles. The van der Waals surface area contributed by atoms with E-state index >= 15 is 0 Å². The van der Waals surface area contributed by atoms with E-state index in [1.165, 1.54) is 0 Å². The lowest BCUT2D eigenvalue weighted by atomic mass is 10.2. The van der Waals surface area contributed by atoms with Gasteiger partial charge in [0.15, 0.2) is 0 Å². The molecule has 3 aromatic rings. The van der Waals surface area contributed by atoms with Gasteiger partial charge in [0.25, 0.3) is 0 Å². The average Bonchev–Trinajstić information content (AvgIpc) is 2.59. The molecule has 5 nitrogen and oxygen atoms in total. The number of hydrogen-bond donors (Lipinski definition) is 1. The minimum absolute atomic E-state index is 0.484. The van der Waals surface area contributed by atoms with Crippen molar-refractivity contribution in [3.63, 3.8) is 0 Å². The van der Waals surface area contributed by atoms with Crippen LogP contribution in [-0.4, -0.2) is 15.0 Å². The van der Waals surface area contributed by atoms with Crippen LogP contribution in [0.1, 0.15) is 17.0 Å². The van der Waals surface area contributed by atoms with Crippen molar-refractivity contribution in [1.29, 1.82) is 0 Å². The van der Waals surface area contributed by atoms with Crippen LogP contribution in [0.3, 0.4) is 0 Å². The summed E-state index contributed by atoms with van der Waals surface area (Å²) in [7, 11) is 0. The highest BCUT2D eigenvalue weighted by Gasteiger charge is 2.16. The number of halogens is 1. The fourth-order valence-corrected chi connectivity index (χ4v) is 2.43. The summed E-state index contributed by atoms with van der Waals surface area (Å²) in [6, 6.07) is 13.4. The molecule has 24 heavy (non-hydrogen) atoms. The Morgan fingerprint density at radius 1 is 1.04 bits per heavy atom. The molecule has 0 aliphatic carbocycles. The van der Waals surface area contributed by atoms with Crippen LogP contribution >= 0.6 is 11.6 Å². The van der Waals surface area contributed by atoms with Crippen LogP contribution in [0, 0.1) is 13.8 Å². The Labute approximate surface area is 146 Å². The Kier molecular flexibility index (Phi) is 4.62. The first-order chi connectivity index (χ1) is 11.5. The van der Waals surface area contributed by atoms with Crippen molar-refractivity contribution in [1.82, 2.24) is 15.0 Å². The van der Waals surface area contributed by atoms with E-state index in [0.29, 0.717) is 23.3 Å². The fourth-order valence-electron chi connectivity index (χ4n) is 2.31. The molecule has 0 aliphatic heterocycles. The number of aromatic nitrogens is 3. The quantitative estimate of drug-likeness (QED) is 0.776. The van der Waals surface area contributed by atoms with Gasteiger partial charge < -0.3 is 10.6 Å². The maximum Gasteiger partial charge on any atom is 0.232 e. The molecule has 6 heteroatoms. The minimum atomic E-state index is 0.484. The van der Waals surface area contributed by atoms with Gasteiger partial charge in [-0.2, -0.15) is 4.98 Å². The van der Waals surface area contributed by atoms with E-state index in [1.807, 2.05) is 61.2 Å². The highest BCUT2D eigenvalue weighted by Crippen LogP contribution is 2.27. The highest BCUT2D eigenvalue weighted by atomic mass is 35.5. The van der Waals surface area contributed by atoms with Gasteiger partial charge in [-0.3, -0.25) is 4.98 Å². The lowest BCUT2D eigenvalue weighted by molar-refractivity contribution is 0.872. The summed E-state index contributed by atoms with van der Waals surface area (Å²) in [6.45, 7) is 4.38. The predicted molar refractivity (Wildman–Crippen MR) is 97.5 cm³/mol. The van der Waals surface area contributed by atoms with E-state index in [-0.39, 0.29) is 0 Å². The molecule has 0 unspecified atom stereocenters. The standard InChI is InChI=1S/C18H18ClN5/c1-12-13(2)22-18(23-17(12)20)24(11-15-5-3-4-10-21-15)16-8-6-14(19)7-9-16/h3-10H,11H2,1-2H3,(H2,20,22,23). The fraction of sp³-hybridized carbons (Fsp3) is 0.167. The summed E-state index contributed by atoms with van der Waals surface area (Å²) in [5.74, 6) is 1.03. The number of nitrogen functional groups attached to an aromatic ring is 1. The second kappa shape index (κ2) is 6.84. The van der Waals surface area contributed by atoms with Crippen molar-refractivity contribution in [2.75, 3.05) is 10.6 Å². The monoisotopic (exact) mass is 339 g/mol. The summed E-state index contributed by atoms with van der Waals surface area (Å²) >= 11 is 6.01. The number of nitrogens with two attached hydrogens (primary N) is 1. The van der Waals surface area contributed by atoms with E-state index < -0.39 is 0 Å². The molecule has 2 N–H and O–H groups in total. The third-order valence-electron chi connectivity index (χ3n) is 3.84.